The van der Waals surface area contributed by atoms with Gasteiger partial charge in [-0.15, -0.1) is 0 Å². The summed E-state index contributed by atoms with van der Waals surface area (Å²) >= 11 is 0. The van der Waals surface area contributed by atoms with Crippen molar-refractivity contribution in [2.75, 3.05) is 18.9 Å². The number of ether oxygens (including phenoxy) is 2. The summed E-state index contributed by atoms with van der Waals surface area (Å²) in [6, 6.07) is 4.60. The molecule has 0 fully saturated rings. The fraction of sp³-hybridized carbons (Fsp3) is 0.273. The number of amides is 1. The highest BCUT2D eigenvalue weighted by Crippen LogP contribution is 2.25. The summed E-state index contributed by atoms with van der Waals surface area (Å²) in [5.41, 5.74) is 11.2. The van der Waals surface area contributed by atoms with Gasteiger partial charge < -0.3 is 20.9 Å². The summed E-state index contributed by atoms with van der Waals surface area (Å²) in [5.74, 6) is -1.10. The van der Waals surface area contributed by atoms with Gasteiger partial charge in [0.15, 0.2) is 12.4 Å². The van der Waals surface area contributed by atoms with E-state index in [4.69, 9.17) is 16.2 Å². The Morgan fingerprint density at radius 1 is 1.35 bits per heavy atom. The first-order chi connectivity index (χ1) is 8.06. The number of primary amides is 1. The zero-order chi connectivity index (χ0) is 12.8. The molecule has 0 aliphatic rings. The van der Waals surface area contributed by atoms with Crippen molar-refractivity contribution in [3.63, 3.8) is 0 Å². The molecule has 0 aliphatic carbocycles. The minimum atomic E-state index is -0.670. The van der Waals surface area contributed by atoms with Gasteiger partial charge in [0.05, 0.1) is 17.9 Å². The van der Waals surface area contributed by atoms with Crippen molar-refractivity contribution in [1.82, 2.24) is 0 Å². The maximum absolute atomic E-state index is 11.1. The molecule has 0 aromatic heterocycles. The van der Waals surface area contributed by atoms with Crippen molar-refractivity contribution in [1.29, 1.82) is 0 Å². The van der Waals surface area contributed by atoms with E-state index in [1.54, 1.807) is 19.1 Å². The predicted molar refractivity (Wildman–Crippen MR) is 61.5 cm³/mol. The lowest BCUT2D eigenvalue weighted by Gasteiger charge is -2.11. The Hall–Kier alpha value is -2.24. The third kappa shape index (κ3) is 3.37. The van der Waals surface area contributed by atoms with Gasteiger partial charge >= 0.3 is 5.97 Å². The SMILES string of the molecule is CCOC(=O)COc1c(N)cccc1C(N)=O. The summed E-state index contributed by atoms with van der Waals surface area (Å²) in [7, 11) is 0. The zero-order valence-electron chi connectivity index (χ0n) is 9.43. The van der Waals surface area contributed by atoms with Gasteiger partial charge in [0, 0.05) is 0 Å². The van der Waals surface area contributed by atoms with Crippen LogP contribution >= 0.6 is 0 Å². The summed E-state index contributed by atoms with van der Waals surface area (Å²) in [5, 5.41) is 0. The lowest BCUT2D eigenvalue weighted by atomic mass is 10.1. The number of nitrogens with two attached hydrogens (primary N) is 2. The van der Waals surface area contributed by atoms with Crippen LogP contribution in [0.1, 0.15) is 17.3 Å². The van der Waals surface area contributed by atoms with Crippen LogP contribution in [0.3, 0.4) is 0 Å². The van der Waals surface area contributed by atoms with E-state index >= 15 is 0 Å². The van der Waals surface area contributed by atoms with Crippen molar-refractivity contribution < 1.29 is 19.1 Å². The second-order valence-electron chi connectivity index (χ2n) is 3.18. The molecule has 6 nitrogen and oxygen atoms in total. The van der Waals surface area contributed by atoms with Crippen LogP contribution < -0.4 is 16.2 Å². The quantitative estimate of drug-likeness (QED) is 0.567. The molecule has 0 saturated heterocycles. The van der Waals surface area contributed by atoms with Crippen molar-refractivity contribution in [3.05, 3.63) is 23.8 Å². The summed E-state index contributed by atoms with van der Waals surface area (Å²) in [6.45, 7) is 1.63. The van der Waals surface area contributed by atoms with Crippen molar-refractivity contribution >= 4 is 17.6 Å². The molecule has 0 saturated carbocycles. The second-order valence-corrected chi connectivity index (χ2v) is 3.18. The van der Waals surface area contributed by atoms with E-state index in [0.29, 0.717) is 0 Å². The molecule has 6 heteroatoms. The molecule has 0 heterocycles. The van der Waals surface area contributed by atoms with E-state index in [2.05, 4.69) is 4.74 Å². The Morgan fingerprint density at radius 3 is 2.65 bits per heavy atom. The average molecular weight is 238 g/mol. The molecule has 17 heavy (non-hydrogen) atoms. The number of nitrogen functional groups attached to an aromatic ring is 1. The van der Waals surface area contributed by atoms with Crippen molar-refractivity contribution in [2.45, 2.75) is 6.92 Å². The lowest BCUT2D eigenvalue weighted by Crippen LogP contribution is -2.18. The number of esters is 1. The fourth-order valence-electron chi connectivity index (χ4n) is 1.24. The molecule has 0 spiro atoms. The van der Waals surface area contributed by atoms with Gasteiger partial charge in [-0.3, -0.25) is 4.79 Å². The maximum atomic E-state index is 11.1. The molecule has 4 N–H and O–H groups in total. The van der Waals surface area contributed by atoms with Crippen LogP contribution in [0.2, 0.25) is 0 Å². The molecule has 0 bridgehead atoms. The van der Waals surface area contributed by atoms with Gasteiger partial charge in [0.1, 0.15) is 0 Å². The number of benzene rings is 1. The monoisotopic (exact) mass is 238 g/mol. The number of anilines is 1. The Morgan fingerprint density at radius 2 is 2.06 bits per heavy atom. The molecular weight excluding hydrogens is 224 g/mol. The molecule has 0 unspecified atom stereocenters. The minimum Gasteiger partial charge on any atom is -0.479 e. The largest absolute Gasteiger partial charge is 0.479 e. The third-order valence-corrected chi connectivity index (χ3v) is 1.95. The molecule has 1 aromatic carbocycles. The highest BCUT2D eigenvalue weighted by atomic mass is 16.6. The van der Waals surface area contributed by atoms with Crippen LogP contribution in [0.5, 0.6) is 5.75 Å². The predicted octanol–water partition coefficient (Wildman–Crippen LogP) is 0.310. The molecule has 1 rings (SSSR count). The van der Waals surface area contributed by atoms with Crippen LogP contribution in [0.15, 0.2) is 18.2 Å². The number of para-hydroxylation sites is 1. The zero-order valence-corrected chi connectivity index (χ0v) is 9.43. The number of carbonyl (C=O) groups is 2. The smallest absolute Gasteiger partial charge is 0.344 e. The van der Waals surface area contributed by atoms with Gasteiger partial charge in [-0.25, -0.2) is 4.79 Å². The van der Waals surface area contributed by atoms with Crippen molar-refractivity contribution in [2.24, 2.45) is 5.73 Å². The second kappa shape index (κ2) is 5.74. The summed E-state index contributed by atoms with van der Waals surface area (Å²) in [4.78, 5) is 22.2. The Bertz CT molecular complexity index is 431. The van der Waals surface area contributed by atoms with Gasteiger partial charge in [-0.1, -0.05) is 6.07 Å². The molecule has 0 radical (unpaired) electrons. The molecule has 1 aromatic rings. The van der Waals surface area contributed by atoms with Crippen LogP contribution in [-0.4, -0.2) is 25.1 Å². The van der Waals surface area contributed by atoms with Gasteiger partial charge in [0.2, 0.25) is 0 Å². The van der Waals surface area contributed by atoms with Gasteiger partial charge in [-0.2, -0.15) is 0 Å². The highest BCUT2D eigenvalue weighted by molar-refractivity contribution is 5.97. The van der Waals surface area contributed by atoms with E-state index in [-0.39, 0.29) is 30.2 Å². The van der Waals surface area contributed by atoms with Crippen LogP contribution in [-0.2, 0) is 9.53 Å². The average Bonchev–Trinajstić information content (AvgIpc) is 2.27. The van der Waals surface area contributed by atoms with Crippen LogP contribution in [0.4, 0.5) is 5.69 Å². The molecule has 0 atom stereocenters. The van der Waals surface area contributed by atoms with Crippen LogP contribution in [0.25, 0.3) is 0 Å². The summed E-state index contributed by atoms with van der Waals surface area (Å²) in [6.07, 6.45) is 0. The van der Waals surface area contributed by atoms with E-state index in [1.807, 2.05) is 0 Å². The standard InChI is InChI=1S/C11H14N2O4/c1-2-16-9(14)6-17-10-7(11(13)15)4-3-5-8(10)12/h3-5H,2,6,12H2,1H3,(H2,13,15). The number of hydrogen-bond acceptors (Lipinski definition) is 5. The molecule has 1 amide bonds. The fourth-order valence-corrected chi connectivity index (χ4v) is 1.24. The highest BCUT2D eigenvalue weighted by Gasteiger charge is 2.14. The van der Waals surface area contributed by atoms with E-state index in [9.17, 15) is 9.59 Å². The van der Waals surface area contributed by atoms with E-state index < -0.39 is 11.9 Å². The first kappa shape index (κ1) is 12.8. The molecular formula is C11H14N2O4. The van der Waals surface area contributed by atoms with Crippen molar-refractivity contribution in [3.8, 4) is 5.75 Å². The first-order valence-corrected chi connectivity index (χ1v) is 5.03. The number of carbonyl (C=O) groups excluding carboxylic acids is 2. The molecule has 0 aliphatic heterocycles. The van der Waals surface area contributed by atoms with E-state index in [0.717, 1.165) is 0 Å². The first-order valence-electron chi connectivity index (χ1n) is 5.03. The van der Waals surface area contributed by atoms with E-state index in [1.165, 1.54) is 6.07 Å². The minimum absolute atomic E-state index is 0.105. The van der Waals surface area contributed by atoms with Gasteiger partial charge in [0.25, 0.3) is 5.91 Å². The Balaban J connectivity index is 2.82. The third-order valence-electron chi connectivity index (χ3n) is 1.95. The van der Waals surface area contributed by atoms with Crippen LogP contribution in [0, 0.1) is 0 Å². The summed E-state index contributed by atoms with van der Waals surface area (Å²) < 4.78 is 9.83. The normalized spacial score (nSPS) is 9.71. The van der Waals surface area contributed by atoms with Gasteiger partial charge in [-0.05, 0) is 19.1 Å². The topological polar surface area (TPSA) is 105 Å². The Labute approximate surface area is 98.5 Å². The maximum Gasteiger partial charge on any atom is 0.344 e. The Kier molecular flexibility index (Phi) is 4.33. The number of hydrogen-bond donors (Lipinski definition) is 2. The number of rotatable bonds is 5. The lowest BCUT2D eigenvalue weighted by molar-refractivity contribution is -0.145. The molecule has 92 valence electrons.